The summed E-state index contributed by atoms with van der Waals surface area (Å²) in [5.41, 5.74) is 2.62. The molecule has 5 N–H and O–H groups in total. The van der Waals surface area contributed by atoms with Crippen molar-refractivity contribution in [2.75, 3.05) is 34.8 Å². The lowest BCUT2D eigenvalue weighted by atomic mass is 10.1. The van der Waals surface area contributed by atoms with Crippen molar-refractivity contribution in [3.63, 3.8) is 0 Å². The van der Waals surface area contributed by atoms with Crippen molar-refractivity contribution in [3.05, 3.63) is 65.9 Å². The number of nitrogens with one attached hydrogen (secondary N) is 4. The van der Waals surface area contributed by atoms with Crippen LogP contribution >= 0.6 is 11.9 Å². The summed E-state index contributed by atoms with van der Waals surface area (Å²) < 4.78 is 43.1. The first-order valence-electron chi connectivity index (χ1n) is 12.8. The van der Waals surface area contributed by atoms with Crippen molar-refractivity contribution in [3.8, 4) is 0 Å². The highest BCUT2D eigenvalue weighted by Gasteiger charge is 2.35. The van der Waals surface area contributed by atoms with Gasteiger partial charge >= 0.3 is 6.18 Å². The number of carbonyl (C=O) groups excluding carboxylic acids is 2. The Hall–Kier alpha value is -4.04. The Kier molecular flexibility index (Phi) is 11.6. The molecule has 0 saturated carbocycles. The highest BCUT2D eigenvalue weighted by molar-refractivity contribution is 7.99. The molecule has 0 radical (unpaired) electrons. The number of para-hydroxylation sites is 2. The molecule has 10 nitrogen and oxygen atoms in total. The standard InChI is InChI=1S/C27H32F3N7O3S/c1-37(41-2)22-10-7-6-9-21(22)34-24-20(27(28,29)30)17-32-26(35-24)33-19-14-12-18(13-15-19)25(39)31-16-8-4-3-5-11-23(38)36-40/h6-7,9-10,12-15,17,40H,3-5,8,11,16H2,1-2H3,(H,31,39)(H,36,38)(H2,32,33,34,35). The van der Waals surface area contributed by atoms with Gasteiger partial charge in [0.15, 0.2) is 0 Å². The van der Waals surface area contributed by atoms with E-state index in [1.807, 2.05) is 10.6 Å². The fourth-order valence-electron chi connectivity index (χ4n) is 3.78. The Balaban J connectivity index is 1.63. The van der Waals surface area contributed by atoms with Crippen LogP contribution in [0.15, 0.2) is 54.7 Å². The second-order valence-corrected chi connectivity index (χ2v) is 9.85. The van der Waals surface area contributed by atoms with Gasteiger partial charge in [0.25, 0.3) is 5.91 Å². The van der Waals surface area contributed by atoms with Gasteiger partial charge in [-0.2, -0.15) is 18.2 Å². The number of rotatable bonds is 14. The molecule has 2 amide bonds. The van der Waals surface area contributed by atoms with Crippen molar-refractivity contribution < 1.29 is 28.0 Å². The normalized spacial score (nSPS) is 11.1. The number of hydroxylamine groups is 1. The molecule has 3 rings (SSSR count). The Bertz CT molecular complexity index is 1310. The van der Waals surface area contributed by atoms with E-state index in [9.17, 15) is 22.8 Å². The maximum absolute atomic E-state index is 13.7. The summed E-state index contributed by atoms with van der Waals surface area (Å²) in [7, 11) is 1.80. The van der Waals surface area contributed by atoms with Gasteiger partial charge in [-0.1, -0.05) is 36.9 Å². The zero-order valence-electron chi connectivity index (χ0n) is 22.6. The molecule has 0 saturated heterocycles. The van der Waals surface area contributed by atoms with E-state index in [1.54, 1.807) is 61.1 Å². The van der Waals surface area contributed by atoms with E-state index in [2.05, 4.69) is 25.9 Å². The maximum Gasteiger partial charge on any atom is 0.421 e. The monoisotopic (exact) mass is 591 g/mol. The molecule has 0 aliphatic carbocycles. The SMILES string of the molecule is CSN(C)c1ccccc1Nc1nc(Nc2ccc(C(=O)NCCCCCCC(=O)NO)cc2)ncc1C(F)(F)F. The molecular weight excluding hydrogens is 559 g/mol. The van der Waals surface area contributed by atoms with Crippen LogP contribution in [-0.4, -0.2) is 46.8 Å². The molecule has 0 bridgehead atoms. The third-order valence-corrected chi connectivity index (χ3v) is 6.75. The van der Waals surface area contributed by atoms with Gasteiger partial charge in [0.05, 0.1) is 11.4 Å². The summed E-state index contributed by atoms with van der Waals surface area (Å²) in [6.07, 6.45) is 1.17. The molecule has 3 aromatic rings. The van der Waals surface area contributed by atoms with E-state index >= 15 is 0 Å². The van der Waals surface area contributed by atoms with Gasteiger partial charge in [-0.25, -0.2) is 10.5 Å². The number of hydrogen-bond donors (Lipinski definition) is 5. The van der Waals surface area contributed by atoms with Crippen molar-refractivity contribution >= 4 is 52.6 Å². The third-order valence-electron chi connectivity index (χ3n) is 6.01. The predicted molar refractivity (Wildman–Crippen MR) is 154 cm³/mol. The van der Waals surface area contributed by atoms with Crippen LogP contribution in [0.4, 0.5) is 42.0 Å². The molecular formula is C27H32F3N7O3S. The van der Waals surface area contributed by atoms with Gasteiger partial charge in [-0.15, -0.1) is 0 Å². The molecule has 41 heavy (non-hydrogen) atoms. The van der Waals surface area contributed by atoms with E-state index in [-0.39, 0.29) is 18.3 Å². The molecule has 0 spiro atoms. The largest absolute Gasteiger partial charge is 0.421 e. The average Bonchev–Trinajstić information content (AvgIpc) is 2.96. The number of carbonyl (C=O) groups is 2. The first-order valence-corrected chi connectivity index (χ1v) is 14.0. The van der Waals surface area contributed by atoms with Crippen molar-refractivity contribution in [2.24, 2.45) is 0 Å². The molecule has 220 valence electrons. The van der Waals surface area contributed by atoms with Crippen molar-refractivity contribution in [2.45, 2.75) is 38.3 Å². The van der Waals surface area contributed by atoms with Crippen LogP contribution in [-0.2, 0) is 11.0 Å². The zero-order chi connectivity index (χ0) is 29.8. The number of amides is 2. The van der Waals surface area contributed by atoms with Crippen LogP contribution in [0.1, 0.15) is 48.0 Å². The minimum absolute atomic E-state index is 0.0510. The van der Waals surface area contributed by atoms with Crippen LogP contribution in [0.3, 0.4) is 0 Å². The van der Waals surface area contributed by atoms with Crippen molar-refractivity contribution in [1.82, 2.24) is 20.8 Å². The van der Waals surface area contributed by atoms with Crippen LogP contribution < -0.4 is 25.7 Å². The first kappa shape index (κ1) is 31.5. The van der Waals surface area contributed by atoms with E-state index < -0.39 is 23.5 Å². The quantitative estimate of drug-likeness (QED) is 0.0675. The topological polar surface area (TPSA) is 132 Å². The predicted octanol–water partition coefficient (Wildman–Crippen LogP) is 5.88. The fraction of sp³-hybridized carbons (Fsp3) is 0.333. The van der Waals surface area contributed by atoms with Crippen LogP contribution in [0.2, 0.25) is 0 Å². The Labute approximate surface area is 240 Å². The summed E-state index contributed by atoms with van der Waals surface area (Å²) in [6, 6.07) is 13.3. The van der Waals surface area contributed by atoms with Gasteiger partial charge in [0, 0.05) is 43.7 Å². The molecule has 0 unspecified atom stereocenters. The summed E-state index contributed by atoms with van der Waals surface area (Å²) in [6.45, 7) is 0.468. The van der Waals surface area contributed by atoms with E-state index in [4.69, 9.17) is 5.21 Å². The Morgan fingerprint density at radius 2 is 1.71 bits per heavy atom. The first-order chi connectivity index (χ1) is 19.6. The van der Waals surface area contributed by atoms with Crippen LogP contribution in [0.5, 0.6) is 0 Å². The summed E-state index contributed by atoms with van der Waals surface area (Å²) in [4.78, 5) is 31.3. The summed E-state index contributed by atoms with van der Waals surface area (Å²) in [5, 5.41) is 17.0. The highest BCUT2D eigenvalue weighted by atomic mass is 32.2. The molecule has 0 fully saturated rings. The smallest absolute Gasteiger partial charge is 0.352 e. The number of halogens is 3. The number of nitrogens with zero attached hydrogens (tertiary/aromatic N) is 3. The van der Waals surface area contributed by atoms with Gasteiger partial charge in [-0.3, -0.25) is 14.8 Å². The van der Waals surface area contributed by atoms with Crippen molar-refractivity contribution in [1.29, 1.82) is 0 Å². The minimum atomic E-state index is -4.67. The van der Waals surface area contributed by atoms with Gasteiger partial charge in [0.2, 0.25) is 11.9 Å². The Morgan fingerprint density at radius 3 is 2.39 bits per heavy atom. The lowest BCUT2D eigenvalue weighted by Crippen LogP contribution is -2.24. The van der Waals surface area contributed by atoms with Gasteiger partial charge in [0.1, 0.15) is 11.4 Å². The van der Waals surface area contributed by atoms with E-state index in [0.717, 1.165) is 25.5 Å². The number of hydrogen-bond acceptors (Lipinski definition) is 9. The second-order valence-electron chi connectivity index (χ2n) is 8.93. The highest BCUT2D eigenvalue weighted by Crippen LogP contribution is 2.37. The number of alkyl halides is 3. The van der Waals surface area contributed by atoms with Gasteiger partial charge in [-0.05, 0) is 49.2 Å². The van der Waals surface area contributed by atoms with Crippen LogP contribution in [0.25, 0.3) is 0 Å². The molecule has 0 aliphatic heterocycles. The fourth-order valence-corrected chi connectivity index (χ4v) is 4.14. The zero-order valence-corrected chi connectivity index (χ0v) is 23.4. The Morgan fingerprint density at radius 1 is 1.00 bits per heavy atom. The van der Waals surface area contributed by atoms with Crippen LogP contribution in [0, 0.1) is 0 Å². The molecule has 14 heteroatoms. The van der Waals surface area contributed by atoms with E-state index in [0.29, 0.717) is 35.6 Å². The summed E-state index contributed by atoms with van der Waals surface area (Å²) >= 11 is 1.41. The number of unbranched alkanes of at least 4 members (excludes halogenated alkanes) is 3. The second kappa shape index (κ2) is 15.1. The molecule has 1 heterocycles. The molecule has 0 aliphatic rings. The minimum Gasteiger partial charge on any atom is -0.352 e. The third kappa shape index (κ3) is 9.53. The summed E-state index contributed by atoms with van der Waals surface area (Å²) in [5.74, 6) is -1.13. The maximum atomic E-state index is 13.7. The molecule has 1 aromatic heterocycles. The molecule has 2 aromatic carbocycles. The number of anilines is 5. The number of aromatic nitrogens is 2. The lowest BCUT2D eigenvalue weighted by molar-refractivity contribution is -0.137. The van der Waals surface area contributed by atoms with Gasteiger partial charge < -0.3 is 20.3 Å². The average molecular weight is 592 g/mol. The molecule has 0 atom stereocenters. The lowest BCUT2D eigenvalue weighted by Gasteiger charge is -2.21. The van der Waals surface area contributed by atoms with E-state index in [1.165, 1.54) is 11.9 Å². The number of benzene rings is 2.